The summed E-state index contributed by atoms with van der Waals surface area (Å²) in [6, 6.07) is 13.9. The van der Waals surface area contributed by atoms with Crippen LogP contribution in [0.1, 0.15) is 18.6 Å². The van der Waals surface area contributed by atoms with Crippen molar-refractivity contribution in [2.45, 2.75) is 17.9 Å². The van der Waals surface area contributed by atoms with Crippen molar-refractivity contribution in [3.05, 3.63) is 54.1 Å². The summed E-state index contributed by atoms with van der Waals surface area (Å²) in [6.07, 6.45) is 0.960. The molecule has 0 heterocycles. The Balaban J connectivity index is 2.22. The van der Waals surface area contributed by atoms with E-state index in [0.29, 0.717) is 11.4 Å². The molecular formula is C15H17NO3S. The van der Waals surface area contributed by atoms with Crippen molar-refractivity contribution in [3.63, 3.8) is 0 Å². The SMILES string of the molecule is CC(Oc1cccc(S(C)(=O)=O)c1)c1cccc(N)c1. The standard InChI is InChI=1S/C15H17NO3S/c1-11(12-5-3-6-13(16)9-12)19-14-7-4-8-15(10-14)20(2,17)18/h3-11H,16H2,1-2H3. The van der Waals surface area contributed by atoms with Crippen molar-refractivity contribution in [2.24, 2.45) is 0 Å². The second-order valence-electron chi connectivity index (χ2n) is 4.68. The number of benzene rings is 2. The fourth-order valence-electron chi connectivity index (χ4n) is 1.86. The van der Waals surface area contributed by atoms with Crippen LogP contribution in [0.4, 0.5) is 5.69 Å². The molecule has 5 heteroatoms. The first-order valence-corrected chi connectivity index (χ1v) is 8.07. The van der Waals surface area contributed by atoms with Crippen LogP contribution in [-0.2, 0) is 9.84 Å². The molecule has 0 bridgehead atoms. The van der Waals surface area contributed by atoms with Crippen molar-refractivity contribution >= 4 is 15.5 Å². The predicted octanol–water partition coefficient (Wildman–Crippen LogP) is 2.81. The van der Waals surface area contributed by atoms with Gasteiger partial charge in [-0.15, -0.1) is 0 Å². The quantitative estimate of drug-likeness (QED) is 0.879. The van der Waals surface area contributed by atoms with Gasteiger partial charge in [-0.1, -0.05) is 18.2 Å². The van der Waals surface area contributed by atoms with Gasteiger partial charge in [-0.05, 0) is 42.8 Å². The van der Waals surface area contributed by atoms with Crippen molar-refractivity contribution in [1.29, 1.82) is 0 Å². The van der Waals surface area contributed by atoms with Crippen molar-refractivity contribution in [1.82, 2.24) is 0 Å². The van der Waals surface area contributed by atoms with Gasteiger partial charge < -0.3 is 10.5 Å². The lowest BCUT2D eigenvalue weighted by atomic mass is 10.1. The van der Waals surface area contributed by atoms with Gasteiger partial charge in [-0.3, -0.25) is 0 Å². The Morgan fingerprint density at radius 3 is 2.45 bits per heavy atom. The summed E-state index contributed by atoms with van der Waals surface area (Å²) < 4.78 is 28.8. The zero-order chi connectivity index (χ0) is 14.8. The van der Waals surface area contributed by atoms with Crippen molar-refractivity contribution < 1.29 is 13.2 Å². The van der Waals surface area contributed by atoms with Gasteiger partial charge in [-0.2, -0.15) is 0 Å². The number of sulfone groups is 1. The Labute approximate surface area is 119 Å². The van der Waals surface area contributed by atoms with Crippen LogP contribution < -0.4 is 10.5 Å². The zero-order valence-electron chi connectivity index (χ0n) is 11.4. The van der Waals surface area contributed by atoms with E-state index in [9.17, 15) is 8.42 Å². The molecule has 2 N–H and O–H groups in total. The monoisotopic (exact) mass is 291 g/mol. The van der Waals surface area contributed by atoms with Crippen LogP contribution in [0.3, 0.4) is 0 Å². The minimum absolute atomic E-state index is 0.215. The van der Waals surface area contributed by atoms with E-state index in [1.54, 1.807) is 24.3 Å². The number of nitrogen functional groups attached to an aromatic ring is 1. The molecule has 0 aromatic heterocycles. The van der Waals surface area contributed by atoms with Crippen LogP contribution in [0.25, 0.3) is 0 Å². The lowest BCUT2D eigenvalue weighted by molar-refractivity contribution is 0.226. The third-order valence-corrected chi connectivity index (χ3v) is 4.04. The highest BCUT2D eigenvalue weighted by atomic mass is 32.2. The second kappa shape index (κ2) is 5.54. The molecule has 0 radical (unpaired) electrons. The van der Waals surface area contributed by atoms with Crippen LogP contribution >= 0.6 is 0 Å². The van der Waals surface area contributed by atoms with Crippen molar-refractivity contribution in [3.8, 4) is 5.75 Å². The van der Waals surface area contributed by atoms with Crippen LogP contribution in [0.15, 0.2) is 53.4 Å². The summed E-state index contributed by atoms with van der Waals surface area (Å²) in [7, 11) is -3.23. The Morgan fingerprint density at radius 2 is 1.80 bits per heavy atom. The molecule has 0 aliphatic heterocycles. The Hall–Kier alpha value is -2.01. The van der Waals surface area contributed by atoms with Crippen LogP contribution in [-0.4, -0.2) is 14.7 Å². The molecule has 2 rings (SSSR count). The molecular weight excluding hydrogens is 274 g/mol. The Morgan fingerprint density at radius 1 is 1.10 bits per heavy atom. The van der Waals surface area contributed by atoms with Gasteiger partial charge in [0.1, 0.15) is 11.9 Å². The first-order valence-electron chi connectivity index (χ1n) is 6.18. The zero-order valence-corrected chi connectivity index (χ0v) is 12.2. The first-order chi connectivity index (χ1) is 9.36. The van der Waals surface area contributed by atoms with E-state index in [4.69, 9.17) is 10.5 Å². The van der Waals surface area contributed by atoms with Gasteiger partial charge >= 0.3 is 0 Å². The molecule has 1 unspecified atom stereocenters. The molecule has 4 nitrogen and oxygen atoms in total. The Bertz CT molecular complexity index is 711. The maximum atomic E-state index is 11.5. The molecule has 106 valence electrons. The fraction of sp³-hybridized carbons (Fsp3) is 0.200. The van der Waals surface area contributed by atoms with E-state index in [1.165, 1.54) is 12.3 Å². The summed E-state index contributed by atoms with van der Waals surface area (Å²) in [5, 5.41) is 0. The molecule has 0 saturated heterocycles. The number of nitrogens with two attached hydrogens (primary N) is 1. The van der Waals surface area contributed by atoms with Gasteiger partial charge in [0.15, 0.2) is 9.84 Å². The molecule has 0 saturated carbocycles. The molecule has 1 atom stereocenters. The number of ether oxygens (including phenoxy) is 1. The van der Waals surface area contributed by atoms with E-state index in [2.05, 4.69) is 0 Å². The normalized spacial score (nSPS) is 12.9. The number of hydrogen-bond donors (Lipinski definition) is 1. The smallest absolute Gasteiger partial charge is 0.175 e. The number of rotatable bonds is 4. The van der Waals surface area contributed by atoms with Gasteiger partial charge in [0, 0.05) is 11.9 Å². The van der Waals surface area contributed by atoms with E-state index >= 15 is 0 Å². The topological polar surface area (TPSA) is 69.4 Å². The molecule has 2 aromatic carbocycles. The van der Waals surface area contributed by atoms with E-state index in [1.807, 2.05) is 25.1 Å². The summed E-state index contributed by atoms with van der Waals surface area (Å²) in [6.45, 7) is 1.89. The number of anilines is 1. The fourth-order valence-corrected chi connectivity index (χ4v) is 2.52. The average molecular weight is 291 g/mol. The van der Waals surface area contributed by atoms with Gasteiger partial charge in [0.05, 0.1) is 4.90 Å². The maximum Gasteiger partial charge on any atom is 0.175 e. The molecule has 0 aliphatic rings. The summed E-state index contributed by atoms with van der Waals surface area (Å²) in [5.41, 5.74) is 7.34. The van der Waals surface area contributed by atoms with Crippen LogP contribution in [0.5, 0.6) is 5.75 Å². The average Bonchev–Trinajstić information content (AvgIpc) is 2.38. The van der Waals surface area contributed by atoms with Gasteiger partial charge in [-0.25, -0.2) is 8.42 Å². The first kappa shape index (κ1) is 14.4. The second-order valence-corrected chi connectivity index (χ2v) is 6.69. The minimum Gasteiger partial charge on any atom is -0.486 e. The van der Waals surface area contributed by atoms with Gasteiger partial charge in [0.25, 0.3) is 0 Å². The number of hydrogen-bond acceptors (Lipinski definition) is 4. The molecule has 0 fully saturated rings. The van der Waals surface area contributed by atoms with E-state index < -0.39 is 9.84 Å². The van der Waals surface area contributed by atoms with Gasteiger partial charge in [0.2, 0.25) is 0 Å². The maximum absolute atomic E-state index is 11.5. The van der Waals surface area contributed by atoms with Crippen molar-refractivity contribution in [2.75, 3.05) is 12.0 Å². The predicted molar refractivity (Wildman–Crippen MR) is 79.4 cm³/mol. The van der Waals surface area contributed by atoms with E-state index in [0.717, 1.165) is 5.56 Å². The third kappa shape index (κ3) is 3.51. The third-order valence-electron chi connectivity index (χ3n) is 2.93. The summed E-state index contributed by atoms with van der Waals surface area (Å²) >= 11 is 0. The summed E-state index contributed by atoms with van der Waals surface area (Å²) in [4.78, 5) is 0.245. The molecule has 2 aromatic rings. The Kier molecular flexibility index (Phi) is 3.99. The highest BCUT2D eigenvalue weighted by Crippen LogP contribution is 2.24. The highest BCUT2D eigenvalue weighted by Gasteiger charge is 2.11. The van der Waals surface area contributed by atoms with Crippen LogP contribution in [0.2, 0.25) is 0 Å². The largest absolute Gasteiger partial charge is 0.486 e. The molecule has 20 heavy (non-hydrogen) atoms. The molecule has 0 aliphatic carbocycles. The molecule has 0 amide bonds. The van der Waals surface area contributed by atoms with E-state index in [-0.39, 0.29) is 11.0 Å². The lowest BCUT2D eigenvalue weighted by Gasteiger charge is -2.16. The highest BCUT2D eigenvalue weighted by molar-refractivity contribution is 7.90. The van der Waals surface area contributed by atoms with Crippen LogP contribution in [0, 0.1) is 0 Å². The molecule has 0 spiro atoms. The lowest BCUT2D eigenvalue weighted by Crippen LogP contribution is -2.04. The minimum atomic E-state index is -3.23. The summed E-state index contributed by atoms with van der Waals surface area (Å²) in [5.74, 6) is 0.517.